The van der Waals surface area contributed by atoms with Crippen LogP contribution in [0.2, 0.25) is 0 Å². The number of aryl methyl sites for hydroxylation is 1. The van der Waals surface area contributed by atoms with Crippen LogP contribution in [0.1, 0.15) is 24.5 Å². The van der Waals surface area contributed by atoms with Gasteiger partial charge in [-0.15, -0.1) is 22.9 Å². The van der Waals surface area contributed by atoms with Gasteiger partial charge in [-0.25, -0.2) is 14.9 Å². The Hall–Kier alpha value is -0.326. The number of benzene rings is 1. The van der Waals surface area contributed by atoms with E-state index in [0.717, 1.165) is 16.0 Å². The summed E-state index contributed by atoms with van der Waals surface area (Å²) in [4.78, 5) is 12.8. The molecule has 2 rings (SSSR count). The van der Waals surface area contributed by atoms with Crippen LogP contribution in [-0.4, -0.2) is 35.2 Å². The Balaban J connectivity index is 0.00000264. The van der Waals surface area contributed by atoms with E-state index in [1.54, 1.807) is 12.1 Å². The molecule has 1 heterocycles. The quantitative estimate of drug-likeness (QED) is 0.493. The minimum Gasteiger partial charge on any atom is -0.494 e. The van der Waals surface area contributed by atoms with E-state index in [2.05, 4.69) is 22.0 Å². The van der Waals surface area contributed by atoms with Crippen LogP contribution in [0.15, 0.2) is 18.2 Å². The van der Waals surface area contributed by atoms with Gasteiger partial charge in [0.15, 0.2) is 0 Å². The van der Waals surface area contributed by atoms with E-state index in [9.17, 15) is 13.6 Å². The van der Waals surface area contributed by atoms with Crippen LogP contribution in [0.3, 0.4) is 0 Å². The van der Waals surface area contributed by atoms with E-state index in [1.165, 1.54) is 0 Å². The zero-order chi connectivity index (χ0) is 16.3. The predicted octanol–water partition coefficient (Wildman–Crippen LogP) is 3.80. The minimum atomic E-state index is -2.60. The number of halogens is 3. The van der Waals surface area contributed by atoms with Crippen LogP contribution in [0.25, 0.3) is 5.70 Å². The van der Waals surface area contributed by atoms with Crippen LogP contribution in [0.4, 0.5) is 8.78 Å². The van der Waals surface area contributed by atoms with E-state index in [4.69, 9.17) is 4.74 Å². The van der Waals surface area contributed by atoms with Gasteiger partial charge in [0.05, 0.1) is 18.0 Å². The van der Waals surface area contributed by atoms with Crippen molar-refractivity contribution in [3.8, 4) is 5.75 Å². The standard InChI is InChI=1S/C16H17BrF2NO2.Y/c1-3-22-11-4-5-12(10(2)8-11)14-7-6-13(17)16(21)20(14)9-15(18)19;/h4-5,8,13,15H,3,6,9H2,1-2H3;/q-1;. The normalized spacial score (nSPS) is 17.8. The molecule has 23 heavy (non-hydrogen) atoms. The minimum absolute atomic E-state index is 0. The number of alkyl halides is 3. The smallest absolute Gasteiger partial charge is 0.256 e. The molecule has 0 spiro atoms. The second-order valence-corrected chi connectivity index (χ2v) is 6.05. The summed E-state index contributed by atoms with van der Waals surface area (Å²) in [6.07, 6.45) is 0.830. The Morgan fingerprint density at radius 1 is 1.48 bits per heavy atom. The number of hydrogen-bond donors (Lipinski definition) is 0. The molecule has 0 saturated heterocycles. The van der Waals surface area contributed by atoms with Crippen LogP contribution < -0.4 is 4.74 Å². The topological polar surface area (TPSA) is 29.5 Å². The monoisotopic (exact) mass is 461 g/mol. The summed E-state index contributed by atoms with van der Waals surface area (Å²) in [7, 11) is 0. The zero-order valence-electron chi connectivity index (χ0n) is 13.0. The van der Waals surface area contributed by atoms with Gasteiger partial charge < -0.3 is 9.64 Å². The molecule has 1 aliphatic rings. The first kappa shape index (κ1) is 20.7. The molecule has 1 aliphatic heterocycles. The summed E-state index contributed by atoms with van der Waals surface area (Å²) >= 11 is 3.20. The number of carbonyl (C=O) groups is 1. The SMILES string of the molecule is CCOc1ccc(C2=[C-]CC(Br)C(=O)N2CC(F)F)c(C)c1.[Y]. The molecule has 1 aromatic rings. The number of carbonyl (C=O) groups excluding carboxylic acids is 1. The molecule has 0 fully saturated rings. The van der Waals surface area contributed by atoms with Crippen LogP contribution >= 0.6 is 15.9 Å². The molecule has 0 aliphatic carbocycles. The maximum atomic E-state index is 12.8. The number of nitrogens with zero attached hydrogens (tertiary/aromatic N) is 1. The summed E-state index contributed by atoms with van der Waals surface area (Å²) in [6, 6.07) is 5.38. The predicted molar refractivity (Wildman–Crippen MR) is 84.0 cm³/mol. The largest absolute Gasteiger partial charge is 0.494 e. The van der Waals surface area contributed by atoms with Gasteiger partial charge in [0.25, 0.3) is 6.43 Å². The molecule has 0 saturated carbocycles. The molecule has 123 valence electrons. The van der Waals surface area contributed by atoms with Gasteiger partial charge in [0.1, 0.15) is 5.75 Å². The zero-order valence-corrected chi connectivity index (χ0v) is 17.4. The Kier molecular flexibility index (Phi) is 8.32. The Labute approximate surface area is 168 Å². The Bertz CT molecular complexity index is 595. The molecule has 0 bridgehead atoms. The number of hydrogen-bond acceptors (Lipinski definition) is 2. The molecule has 1 amide bonds. The third kappa shape index (κ3) is 5.07. The molecule has 1 aromatic carbocycles. The van der Waals surface area contributed by atoms with E-state index in [1.807, 2.05) is 19.9 Å². The molecule has 3 nitrogen and oxygen atoms in total. The van der Waals surface area contributed by atoms with Gasteiger partial charge in [-0.05, 0) is 19.1 Å². The number of rotatable bonds is 5. The maximum Gasteiger partial charge on any atom is 0.256 e. The Morgan fingerprint density at radius 3 is 2.74 bits per heavy atom. The molecule has 7 heteroatoms. The molecule has 1 radical (unpaired) electrons. The van der Waals surface area contributed by atoms with Crippen molar-refractivity contribution in [2.45, 2.75) is 31.5 Å². The van der Waals surface area contributed by atoms with Gasteiger partial charge >= 0.3 is 0 Å². The van der Waals surface area contributed by atoms with Crippen molar-refractivity contribution < 1.29 is 51.0 Å². The van der Waals surface area contributed by atoms with E-state index in [-0.39, 0.29) is 38.6 Å². The van der Waals surface area contributed by atoms with Crippen LogP contribution in [-0.2, 0) is 37.5 Å². The molecular formula is C16H17BrF2NO2Y-. The summed E-state index contributed by atoms with van der Waals surface area (Å²) < 4.78 is 31.0. The first-order chi connectivity index (χ1) is 10.4. The first-order valence-electron chi connectivity index (χ1n) is 7.02. The number of allylic oxidation sites excluding steroid dienone is 1. The van der Waals surface area contributed by atoms with E-state index < -0.39 is 17.8 Å². The summed E-state index contributed by atoms with van der Waals surface area (Å²) in [6.45, 7) is 3.67. The van der Waals surface area contributed by atoms with Crippen molar-refractivity contribution in [1.29, 1.82) is 0 Å². The summed E-state index contributed by atoms with van der Waals surface area (Å²) in [5, 5.41) is 0. The van der Waals surface area contributed by atoms with Crippen molar-refractivity contribution in [1.82, 2.24) is 4.90 Å². The summed E-state index contributed by atoms with van der Waals surface area (Å²) in [5.41, 5.74) is 1.99. The fourth-order valence-corrected chi connectivity index (χ4v) is 2.78. The van der Waals surface area contributed by atoms with Gasteiger partial charge in [-0.1, -0.05) is 29.3 Å². The van der Waals surface area contributed by atoms with Crippen molar-refractivity contribution in [3.05, 3.63) is 35.4 Å². The average molecular weight is 462 g/mol. The van der Waals surface area contributed by atoms with Crippen molar-refractivity contribution >= 4 is 27.5 Å². The number of ether oxygens (including phenoxy) is 1. The summed E-state index contributed by atoms with van der Waals surface area (Å²) in [5.74, 6) is 0.354. The molecule has 1 atom stereocenters. The van der Waals surface area contributed by atoms with Crippen molar-refractivity contribution in [3.63, 3.8) is 0 Å². The van der Waals surface area contributed by atoms with Crippen molar-refractivity contribution in [2.24, 2.45) is 0 Å². The van der Waals surface area contributed by atoms with Gasteiger partial charge in [0, 0.05) is 32.7 Å². The molecule has 0 N–H and O–H groups in total. The maximum absolute atomic E-state index is 12.8. The van der Waals surface area contributed by atoms with Crippen LogP contribution in [0.5, 0.6) is 5.75 Å². The van der Waals surface area contributed by atoms with Crippen molar-refractivity contribution in [2.75, 3.05) is 13.2 Å². The van der Waals surface area contributed by atoms with Gasteiger partial charge in [-0.2, -0.15) is 0 Å². The second-order valence-electron chi connectivity index (χ2n) is 4.95. The van der Waals surface area contributed by atoms with E-state index >= 15 is 0 Å². The van der Waals surface area contributed by atoms with Crippen LogP contribution in [0, 0.1) is 13.0 Å². The fraction of sp³-hybridized carbons (Fsp3) is 0.438. The molecular weight excluding hydrogens is 445 g/mol. The third-order valence-electron chi connectivity index (χ3n) is 3.34. The second kappa shape index (κ2) is 9.23. The molecule has 0 aromatic heterocycles. The third-order valence-corrected chi connectivity index (χ3v) is 4.05. The number of amides is 1. The first-order valence-corrected chi connectivity index (χ1v) is 7.93. The Morgan fingerprint density at radius 2 is 2.17 bits per heavy atom. The van der Waals surface area contributed by atoms with Gasteiger partial charge in [0.2, 0.25) is 5.91 Å². The fourth-order valence-electron chi connectivity index (χ4n) is 2.37. The average Bonchev–Trinajstić information content (AvgIpc) is 2.45. The van der Waals surface area contributed by atoms with E-state index in [0.29, 0.717) is 24.5 Å². The van der Waals surface area contributed by atoms with Gasteiger partial charge in [-0.3, -0.25) is 4.79 Å². The molecule has 1 unspecified atom stereocenters.